The van der Waals surface area contributed by atoms with Crippen LogP contribution in [0.4, 0.5) is 0 Å². The average Bonchev–Trinajstić information content (AvgIpc) is 3.31. The number of rotatable bonds is 4. The molecule has 7 nitrogen and oxygen atoms in total. The highest BCUT2D eigenvalue weighted by Gasteiger charge is 2.28. The maximum atomic E-state index is 13.8. The third-order valence-electron chi connectivity index (χ3n) is 5.95. The van der Waals surface area contributed by atoms with Crippen molar-refractivity contribution in [1.29, 1.82) is 0 Å². The van der Waals surface area contributed by atoms with E-state index in [1.54, 1.807) is 10.6 Å². The van der Waals surface area contributed by atoms with Gasteiger partial charge in [-0.2, -0.15) is 0 Å². The molecular formula is C32H46N4O3. The molecule has 4 aromatic rings. The number of hydrogen-bond acceptors (Lipinski definition) is 4. The number of fused-ring (bicyclic) bond motifs is 1. The number of nitrogens with zero attached hydrogens (tertiary/aromatic N) is 4. The number of aryl methyl sites for hydroxylation is 1. The lowest BCUT2D eigenvalue weighted by Crippen LogP contribution is -2.35. The van der Waals surface area contributed by atoms with Gasteiger partial charge in [0.15, 0.2) is 5.82 Å². The Morgan fingerprint density at radius 1 is 0.923 bits per heavy atom. The quantitative estimate of drug-likeness (QED) is 0.292. The summed E-state index contributed by atoms with van der Waals surface area (Å²) in [5.41, 5.74) is 1.95. The lowest BCUT2D eigenvalue weighted by molar-refractivity contribution is 0.131. The van der Waals surface area contributed by atoms with E-state index in [-0.39, 0.29) is 17.4 Å². The van der Waals surface area contributed by atoms with Gasteiger partial charge in [-0.05, 0) is 89.3 Å². The van der Waals surface area contributed by atoms with Crippen molar-refractivity contribution in [3.05, 3.63) is 58.6 Å². The number of ether oxygens (including phenoxy) is 1. The minimum Gasteiger partial charge on any atom is -0.508 e. The van der Waals surface area contributed by atoms with Crippen LogP contribution in [0.25, 0.3) is 28.0 Å². The van der Waals surface area contributed by atoms with Crippen LogP contribution in [0.15, 0.2) is 47.4 Å². The third kappa shape index (κ3) is 6.75. The van der Waals surface area contributed by atoms with Crippen molar-refractivity contribution in [3.8, 4) is 28.6 Å². The van der Waals surface area contributed by atoms with Crippen molar-refractivity contribution in [2.45, 2.75) is 93.2 Å². The van der Waals surface area contributed by atoms with E-state index in [4.69, 9.17) is 9.84 Å². The van der Waals surface area contributed by atoms with E-state index in [9.17, 15) is 9.90 Å². The topological polar surface area (TPSA) is 74.2 Å². The first-order valence-electron chi connectivity index (χ1n) is 13.7. The SMILES string of the molecule is CC(C)C.CC(C)c1cc(-c2nn(C(C)(C)C)c(=O)n2-c2ccc3c(ccn3C)c2)c(OC(C)(C)C)cc1O. The molecular weight excluding hydrogens is 488 g/mol. The summed E-state index contributed by atoms with van der Waals surface area (Å²) in [6, 6.07) is 11.5. The van der Waals surface area contributed by atoms with Crippen LogP contribution < -0.4 is 10.4 Å². The Hall–Kier alpha value is -3.48. The first kappa shape index (κ1) is 30.1. The van der Waals surface area contributed by atoms with Gasteiger partial charge in [0.05, 0.1) is 16.8 Å². The van der Waals surface area contributed by atoms with Crippen LogP contribution in [0.3, 0.4) is 0 Å². The molecule has 0 atom stereocenters. The molecule has 1 N–H and O–H groups in total. The molecule has 2 aromatic carbocycles. The van der Waals surface area contributed by atoms with Crippen LogP contribution in [0.1, 0.15) is 87.6 Å². The molecule has 2 aromatic heterocycles. The Labute approximate surface area is 233 Å². The number of phenols is 1. The van der Waals surface area contributed by atoms with Gasteiger partial charge in [0.25, 0.3) is 0 Å². The van der Waals surface area contributed by atoms with E-state index < -0.39 is 11.1 Å². The Morgan fingerprint density at radius 2 is 1.54 bits per heavy atom. The molecule has 0 unspecified atom stereocenters. The summed E-state index contributed by atoms with van der Waals surface area (Å²) >= 11 is 0. The highest BCUT2D eigenvalue weighted by molar-refractivity contribution is 5.82. The molecule has 0 aliphatic rings. The minimum atomic E-state index is -0.531. The molecule has 0 aliphatic heterocycles. The van der Waals surface area contributed by atoms with Crippen molar-refractivity contribution >= 4 is 10.9 Å². The van der Waals surface area contributed by atoms with Gasteiger partial charge in [0.1, 0.15) is 17.1 Å². The van der Waals surface area contributed by atoms with Crippen LogP contribution in [0, 0.1) is 5.92 Å². The normalized spacial score (nSPS) is 12.3. The Bertz CT molecular complexity index is 1500. The van der Waals surface area contributed by atoms with Crippen LogP contribution in [0.2, 0.25) is 0 Å². The molecule has 0 amide bonds. The van der Waals surface area contributed by atoms with Crippen LogP contribution in [-0.4, -0.2) is 29.6 Å². The van der Waals surface area contributed by atoms with Gasteiger partial charge in [-0.25, -0.2) is 14.0 Å². The van der Waals surface area contributed by atoms with Crippen molar-refractivity contribution in [2.75, 3.05) is 0 Å². The molecule has 7 heteroatoms. The first-order valence-corrected chi connectivity index (χ1v) is 13.7. The molecule has 0 saturated heterocycles. The second kappa shape index (κ2) is 10.9. The van der Waals surface area contributed by atoms with Crippen molar-refractivity contribution in [1.82, 2.24) is 18.9 Å². The summed E-state index contributed by atoms with van der Waals surface area (Å²) in [5, 5.41) is 16.6. The second-order valence-corrected chi connectivity index (χ2v) is 13.2. The molecule has 4 rings (SSSR count). The Balaban J connectivity index is 0.000000983. The molecule has 0 radical (unpaired) electrons. The lowest BCUT2D eigenvalue weighted by Gasteiger charge is -2.24. The monoisotopic (exact) mass is 534 g/mol. The summed E-state index contributed by atoms with van der Waals surface area (Å²) in [7, 11) is 2.00. The minimum absolute atomic E-state index is 0.0722. The molecule has 0 fully saturated rings. The molecule has 39 heavy (non-hydrogen) atoms. The predicted molar refractivity (Wildman–Crippen MR) is 161 cm³/mol. The van der Waals surface area contributed by atoms with E-state index in [0.29, 0.717) is 17.1 Å². The van der Waals surface area contributed by atoms with E-state index in [0.717, 1.165) is 28.1 Å². The number of aromatic hydroxyl groups is 1. The molecule has 0 bridgehead atoms. The summed E-state index contributed by atoms with van der Waals surface area (Å²) in [5.74, 6) is 2.02. The fourth-order valence-electron chi connectivity index (χ4n) is 4.26. The van der Waals surface area contributed by atoms with Crippen molar-refractivity contribution in [3.63, 3.8) is 0 Å². The lowest BCUT2D eigenvalue weighted by atomic mass is 9.98. The van der Waals surface area contributed by atoms with Gasteiger partial charge >= 0.3 is 5.69 Å². The van der Waals surface area contributed by atoms with Crippen molar-refractivity contribution < 1.29 is 9.84 Å². The van der Waals surface area contributed by atoms with Gasteiger partial charge in [-0.15, -0.1) is 5.10 Å². The van der Waals surface area contributed by atoms with Gasteiger partial charge in [0, 0.05) is 30.2 Å². The zero-order valence-corrected chi connectivity index (χ0v) is 25.7. The Morgan fingerprint density at radius 3 is 2.08 bits per heavy atom. The highest BCUT2D eigenvalue weighted by Crippen LogP contribution is 2.40. The van der Waals surface area contributed by atoms with Gasteiger partial charge in [-0.3, -0.25) is 0 Å². The number of hydrogen-bond donors (Lipinski definition) is 1. The fourth-order valence-corrected chi connectivity index (χ4v) is 4.26. The van der Waals surface area contributed by atoms with Crippen LogP contribution in [-0.2, 0) is 12.6 Å². The average molecular weight is 535 g/mol. The Kier molecular flexibility index (Phi) is 8.44. The molecule has 0 aliphatic carbocycles. The standard InChI is InChI=1S/C28H36N4O3.C4H10/c1-17(2)20-15-21(24(16-23(20)33)35-28(6,7)8)25-29-32(27(3,4)5)26(34)31(25)19-10-11-22-18(14-19)12-13-30(22)9;1-4(2)3/h10-17,33H,1-9H3;4H,1-3H3. The van der Waals surface area contributed by atoms with Crippen molar-refractivity contribution in [2.24, 2.45) is 13.0 Å². The summed E-state index contributed by atoms with van der Waals surface area (Å²) in [6.45, 7) is 22.3. The maximum Gasteiger partial charge on any atom is 0.351 e. The number of aromatic nitrogens is 4. The smallest absolute Gasteiger partial charge is 0.351 e. The summed E-state index contributed by atoms with van der Waals surface area (Å²) < 4.78 is 11.5. The molecule has 212 valence electrons. The highest BCUT2D eigenvalue weighted by atomic mass is 16.5. The van der Waals surface area contributed by atoms with Gasteiger partial charge < -0.3 is 14.4 Å². The summed E-state index contributed by atoms with van der Waals surface area (Å²) in [6.07, 6.45) is 2.00. The van der Waals surface area contributed by atoms with E-state index in [1.165, 1.54) is 4.68 Å². The number of phenolic OH excluding ortho intramolecular Hbond substituents is 1. The van der Waals surface area contributed by atoms with E-state index in [2.05, 4.69) is 20.8 Å². The fraction of sp³-hybridized carbons (Fsp3) is 0.500. The number of benzene rings is 2. The van der Waals surface area contributed by atoms with Crippen LogP contribution in [0.5, 0.6) is 11.5 Å². The van der Waals surface area contributed by atoms with Crippen LogP contribution >= 0.6 is 0 Å². The summed E-state index contributed by atoms with van der Waals surface area (Å²) in [4.78, 5) is 13.8. The molecule has 2 heterocycles. The van der Waals surface area contributed by atoms with Gasteiger partial charge in [0.2, 0.25) is 0 Å². The second-order valence-electron chi connectivity index (χ2n) is 13.2. The maximum absolute atomic E-state index is 13.8. The predicted octanol–water partition coefficient (Wildman–Crippen LogP) is 7.62. The zero-order chi connectivity index (χ0) is 29.4. The molecule has 0 saturated carbocycles. The largest absolute Gasteiger partial charge is 0.508 e. The first-order chi connectivity index (χ1) is 17.9. The molecule has 0 spiro atoms. The van der Waals surface area contributed by atoms with E-state index >= 15 is 0 Å². The zero-order valence-electron chi connectivity index (χ0n) is 25.7. The van der Waals surface area contributed by atoms with E-state index in [1.807, 2.05) is 104 Å². The third-order valence-corrected chi connectivity index (χ3v) is 5.95. The van der Waals surface area contributed by atoms with Gasteiger partial charge in [-0.1, -0.05) is 34.6 Å².